The number of amides is 1. The number of rotatable bonds is 4. The molecule has 1 amide bonds. The summed E-state index contributed by atoms with van der Waals surface area (Å²) >= 11 is 12.4. The molecule has 0 aliphatic carbocycles. The van der Waals surface area contributed by atoms with Crippen LogP contribution < -0.4 is 10.1 Å². The summed E-state index contributed by atoms with van der Waals surface area (Å²) in [6, 6.07) is 6.69. The fourth-order valence-electron chi connectivity index (χ4n) is 2.53. The Morgan fingerprint density at radius 1 is 1.15 bits per heavy atom. The second kappa shape index (κ2) is 7.98. The van der Waals surface area contributed by atoms with Crippen molar-refractivity contribution in [3.8, 4) is 11.5 Å². The summed E-state index contributed by atoms with van der Waals surface area (Å²) in [6.45, 7) is 7.55. The van der Waals surface area contributed by atoms with Crippen LogP contribution in [0.5, 0.6) is 11.5 Å². The highest BCUT2D eigenvalue weighted by Crippen LogP contribution is 2.42. The molecule has 2 aromatic carbocycles. The number of halogens is 5. The molecule has 0 radical (unpaired) electrons. The first-order chi connectivity index (χ1) is 12.4. The Morgan fingerprint density at radius 2 is 1.78 bits per heavy atom. The van der Waals surface area contributed by atoms with Crippen LogP contribution in [0.3, 0.4) is 0 Å². The third kappa shape index (κ3) is 4.87. The summed E-state index contributed by atoms with van der Waals surface area (Å²) < 4.78 is 43.2. The number of aryl methyl sites for hydroxylation is 1. The molecule has 0 saturated heterocycles. The molecule has 0 heterocycles. The van der Waals surface area contributed by atoms with Crippen LogP contribution in [-0.2, 0) is 4.79 Å². The minimum Gasteiger partial charge on any atom is -0.454 e. The van der Waals surface area contributed by atoms with Crippen LogP contribution in [0.25, 0.3) is 0 Å². The van der Waals surface area contributed by atoms with Gasteiger partial charge in [0.2, 0.25) is 0 Å². The molecular formula is C19H18Cl2F3NO2. The predicted molar refractivity (Wildman–Crippen MR) is 101 cm³/mol. The average Bonchev–Trinajstić information content (AvgIpc) is 2.56. The van der Waals surface area contributed by atoms with Gasteiger partial charge in [-0.25, -0.2) is 0 Å². The molecule has 0 aliphatic rings. The molecule has 0 bridgehead atoms. The number of anilines is 1. The monoisotopic (exact) mass is 419 g/mol. The lowest BCUT2D eigenvalue weighted by molar-refractivity contribution is -0.167. The summed E-state index contributed by atoms with van der Waals surface area (Å²) in [4.78, 5) is 11.2. The van der Waals surface area contributed by atoms with Gasteiger partial charge in [0.1, 0.15) is 5.75 Å². The van der Waals surface area contributed by atoms with Crippen molar-refractivity contribution >= 4 is 34.8 Å². The minimum atomic E-state index is -5.02. The SMILES string of the molecule is Cc1ccc(Oc2c(Cl)cc(NC(=O)C(F)(F)F)c(C)c2Cl)cc1C(C)C. The van der Waals surface area contributed by atoms with E-state index in [1.165, 1.54) is 13.0 Å². The van der Waals surface area contributed by atoms with E-state index in [9.17, 15) is 18.0 Å². The standard InChI is InChI=1S/C19H18Cl2F3NO2/c1-9(2)13-7-12(6-5-10(13)3)27-17-14(20)8-15(11(4)16(17)21)25-18(26)19(22,23)24/h5-9H,1-4H3,(H,25,26). The van der Waals surface area contributed by atoms with Crippen molar-refractivity contribution in [2.75, 3.05) is 5.32 Å². The third-order valence-corrected chi connectivity index (χ3v) is 4.75. The van der Waals surface area contributed by atoms with Crippen LogP contribution in [0.1, 0.15) is 36.5 Å². The molecule has 0 saturated carbocycles. The number of hydrogen-bond acceptors (Lipinski definition) is 2. The zero-order valence-electron chi connectivity index (χ0n) is 15.1. The maximum absolute atomic E-state index is 12.5. The molecule has 0 atom stereocenters. The van der Waals surface area contributed by atoms with E-state index in [1.807, 2.05) is 32.9 Å². The number of nitrogens with one attached hydrogen (secondary N) is 1. The largest absolute Gasteiger partial charge is 0.471 e. The topological polar surface area (TPSA) is 38.3 Å². The average molecular weight is 420 g/mol. The van der Waals surface area contributed by atoms with E-state index in [0.29, 0.717) is 5.75 Å². The molecule has 0 unspecified atom stereocenters. The molecule has 0 aliphatic heterocycles. The second-order valence-electron chi connectivity index (χ2n) is 6.40. The molecular weight excluding hydrogens is 402 g/mol. The van der Waals surface area contributed by atoms with E-state index in [-0.39, 0.29) is 33.0 Å². The van der Waals surface area contributed by atoms with Crippen LogP contribution in [0.2, 0.25) is 10.0 Å². The molecule has 2 rings (SSSR count). The fourth-order valence-corrected chi connectivity index (χ4v) is 3.07. The number of hydrogen-bond donors (Lipinski definition) is 1. The van der Waals surface area contributed by atoms with Gasteiger partial charge in [-0.2, -0.15) is 13.2 Å². The smallest absolute Gasteiger partial charge is 0.454 e. The number of carbonyl (C=O) groups excluding carboxylic acids is 1. The minimum absolute atomic E-state index is 0.0188. The van der Waals surface area contributed by atoms with E-state index >= 15 is 0 Å². The molecule has 2 aromatic rings. The van der Waals surface area contributed by atoms with Gasteiger partial charge in [-0.15, -0.1) is 0 Å². The van der Waals surface area contributed by atoms with Crippen molar-refractivity contribution < 1.29 is 22.7 Å². The van der Waals surface area contributed by atoms with Gasteiger partial charge in [-0.1, -0.05) is 43.1 Å². The Bertz CT molecular complexity index is 880. The summed E-state index contributed by atoms with van der Waals surface area (Å²) in [6.07, 6.45) is -5.02. The molecule has 27 heavy (non-hydrogen) atoms. The fraction of sp³-hybridized carbons (Fsp3) is 0.316. The van der Waals surface area contributed by atoms with Gasteiger partial charge in [0.05, 0.1) is 10.0 Å². The lowest BCUT2D eigenvalue weighted by Crippen LogP contribution is -2.30. The van der Waals surface area contributed by atoms with Gasteiger partial charge in [0.15, 0.2) is 5.75 Å². The third-order valence-electron chi connectivity index (χ3n) is 4.02. The maximum atomic E-state index is 12.5. The summed E-state index contributed by atoms with van der Waals surface area (Å²) in [5.41, 5.74) is 2.28. The number of ether oxygens (including phenoxy) is 1. The van der Waals surface area contributed by atoms with Crippen molar-refractivity contribution in [1.29, 1.82) is 0 Å². The highest BCUT2D eigenvalue weighted by Gasteiger charge is 2.39. The Kier molecular flexibility index (Phi) is 6.32. The van der Waals surface area contributed by atoms with Gasteiger partial charge >= 0.3 is 12.1 Å². The zero-order chi connectivity index (χ0) is 20.5. The van der Waals surface area contributed by atoms with Crippen LogP contribution >= 0.6 is 23.2 Å². The molecule has 0 spiro atoms. The highest BCUT2D eigenvalue weighted by atomic mass is 35.5. The number of alkyl halides is 3. The maximum Gasteiger partial charge on any atom is 0.471 e. The van der Waals surface area contributed by atoms with E-state index in [2.05, 4.69) is 0 Å². The molecule has 1 N–H and O–H groups in total. The van der Waals surface area contributed by atoms with Crippen molar-refractivity contribution in [2.24, 2.45) is 0 Å². The predicted octanol–water partition coefficient (Wildman–Crippen LogP) is 7.03. The van der Waals surface area contributed by atoms with Gasteiger partial charge in [0.25, 0.3) is 0 Å². The Hall–Kier alpha value is -1.92. The van der Waals surface area contributed by atoms with E-state index in [4.69, 9.17) is 27.9 Å². The van der Waals surface area contributed by atoms with E-state index < -0.39 is 12.1 Å². The van der Waals surface area contributed by atoms with Crippen molar-refractivity contribution in [3.63, 3.8) is 0 Å². The number of benzene rings is 2. The molecule has 0 fully saturated rings. The molecule has 146 valence electrons. The van der Waals surface area contributed by atoms with Gasteiger partial charge in [-0.05, 0) is 54.7 Å². The van der Waals surface area contributed by atoms with Crippen molar-refractivity contribution in [3.05, 3.63) is 51.0 Å². The van der Waals surface area contributed by atoms with E-state index in [0.717, 1.165) is 11.1 Å². The summed E-state index contributed by atoms with van der Waals surface area (Å²) in [7, 11) is 0. The Balaban J connectivity index is 2.38. The van der Waals surface area contributed by atoms with E-state index in [1.54, 1.807) is 11.4 Å². The molecule has 8 heteroatoms. The normalized spacial score (nSPS) is 11.6. The number of carbonyl (C=O) groups is 1. The summed E-state index contributed by atoms with van der Waals surface area (Å²) in [5, 5.41) is 1.77. The van der Waals surface area contributed by atoms with Gasteiger partial charge in [0, 0.05) is 5.69 Å². The first-order valence-corrected chi connectivity index (χ1v) is 8.82. The van der Waals surface area contributed by atoms with Crippen molar-refractivity contribution in [2.45, 2.75) is 39.8 Å². The van der Waals surface area contributed by atoms with Gasteiger partial charge < -0.3 is 10.1 Å². The van der Waals surface area contributed by atoms with Gasteiger partial charge in [-0.3, -0.25) is 4.79 Å². The first kappa shape index (κ1) is 21.4. The molecule has 3 nitrogen and oxygen atoms in total. The van der Waals surface area contributed by atoms with Crippen LogP contribution in [-0.4, -0.2) is 12.1 Å². The van der Waals surface area contributed by atoms with Crippen molar-refractivity contribution in [1.82, 2.24) is 0 Å². The Labute approximate surface area is 165 Å². The van der Waals surface area contributed by atoms with Crippen LogP contribution in [0, 0.1) is 13.8 Å². The Morgan fingerprint density at radius 3 is 2.33 bits per heavy atom. The second-order valence-corrected chi connectivity index (χ2v) is 7.19. The quantitative estimate of drug-likeness (QED) is 0.577. The first-order valence-electron chi connectivity index (χ1n) is 8.07. The van der Waals surface area contributed by atoms with Crippen LogP contribution in [0.15, 0.2) is 24.3 Å². The summed E-state index contributed by atoms with van der Waals surface area (Å²) in [5.74, 6) is -1.22. The van der Waals surface area contributed by atoms with Crippen LogP contribution in [0.4, 0.5) is 18.9 Å². The molecule has 0 aromatic heterocycles. The lowest BCUT2D eigenvalue weighted by atomic mass is 9.98. The lowest BCUT2D eigenvalue weighted by Gasteiger charge is -2.17. The zero-order valence-corrected chi connectivity index (χ0v) is 16.6. The highest BCUT2D eigenvalue weighted by molar-refractivity contribution is 6.38.